The fraction of sp³-hybridized carbons (Fsp3) is 0.500. The van der Waals surface area contributed by atoms with Crippen LogP contribution in [0.2, 0.25) is 0 Å². The summed E-state index contributed by atoms with van der Waals surface area (Å²) in [5, 5.41) is 2.89. The highest BCUT2D eigenvalue weighted by Gasteiger charge is 2.35. The number of pyridine rings is 1. The molecule has 1 aromatic rings. The molecule has 0 bridgehead atoms. The molecule has 3 heterocycles. The maximum atomic E-state index is 11.5. The first-order chi connectivity index (χ1) is 8.72. The zero-order valence-electron chi connectivity index (χ0n) is 10.2. The van der Waals surface area contributed by atoms with E-state index in [0.29, 0.717) is 11.9 Å². The molecule has 0 aliphatic carbocycles. The molecule has 1 atom stereocenters. The molecule has 3 rings (SSSR count). The summed E-state index contributed by atoms with van der Waals surface area (Å²) in [4.78, 5) is 19.8. The van der Waals surface area contributed by atoms with E-state index in [9.17, 15) is 4.79 Å². The molecule has 6 heteroatoms. The molecule has 0 spiro atoms. The molecule has 96 valence electrons. The average molecular weight is 247 g/mol. The number of rotatable bonds is 2. The lowest BCUT2D eigenvalue weighted by Gasteiger charge is -2.36. The fourth-order valence-corrected chi connectivity index (χ4v) is 2.66. The summed E-state index contributed by atoms with van der Waals surface area (Å²) in [6.07, 6.45) is 1.74. The van der Waals surface area contributed by atoms with Gasteiger partial charge in [0.15, 0.2) is 0 Å². The summed E-state index contributed by atoms with van der Waals surface area (Å²) in [6.45, 7) is 4.25. The first-order valence-corrected chi connectivity index (χ1v) is 6.19. The number of fused-ring (bicyclic) bond motifs is 1. The number of urea groups is 1. The first kappa shape index (κ1) is 11.3. The van der Waals surface area contributed by atoms with Crippen LogP contribution in [0.3, 0.4) is 0 Å². The van der Waals surface area contributed by atoms with Gasteiger partial charge in [0.1, 0.15) is 5.82 Å². The van der Waals surface area contributed by atoms with E-state index < -0.39 is 0 Å². The van der Waals surface area contributed by atoms with Gasteiger partial charge in [0.2, 0.25) is 0 Å². The van der Waals surface area contributed by atoms with Crippen LogP contribution in [-0.2, 0) is 6.54 Å². The first-order valence-electron chi connectivity index (χ1n) is 6.19. The third-order valence-electron chi connectivity index (χ3n) is 3.57. The van der Waals surface area contributed by atoms with E-state index in [-0.39, 0.29) is 6.03 Å². The van der Waals surface area contributed by atoms with Crippen molar-refractivity contribution in [3.05, 3.63) is 23.9 Å². The highest BCUT2D eigenvalue weighted by atomic mass is 16.2. The number of piperazine rings is 1. The molecular weight excluding hydrogens is 230 g/mol. The Bertz CT molecular complexity index is 464. The van der Waals surface area contributed by atoms with Crippen LogP contribution in [0.5, 0.6) is 0 Å². The van der Waals surface area contributed by atoms with E-state index in [1.165, 1.54) is 5.56 Å². The molecule has 2 aliphatic rings. The Morgan fingerprint density at radius 2 is 2.39 bits per heavy atom. The Morgan fingerprint density at radius 3 is 3.22 bits per heavy atom. The number of aromatic nitrogens is 1. The second-order valence-electron chi connectivity index (χ2n) is 4.86. The van der Waals surface area contributed by atoms with Crippen LogP contribution in [0.15, 0.2) is 18.3 Å². The van der Waals surface area contributed by atoms with Gasteiger partial charge in [-0.15, -0.1) is 0 Å². The smallest absolute Gasteiger partial charge is 0.317 e. The van der Waals surface area contributed by atoms with Gasteiger partial charge in [-0.05, 0) is 17.7 Å². The van der Waals surface area contributed by atoms with E-state index in [2.05, 4.69) is 15.2 Å². The zero-order valence-corrected chi connectivity index (χ0v) is 10.2. The Labute approximate surface area is 106 Å². The van der Waals surface area contributed by atoms with Gasteiger partial charge in [-0.1, -0.05) is 0 Å². The Balaban J connectivity index is 1.64. The van der Waals surface area contributed by atoms with Gasteiger partial charge in [0.05, 0.1) is 6.04 Å². The van der Waals surface area contributed by atoms with Gasteiger partial charge in [-0.2, -0.15) is 0 Å². The average Bonchev–Trinajstić information content (AvgIpc) is 2.71. The zero-order chi connectivity index (χ0) is 12.5. The molecular formula is C12H17N5O. The number of hydrogen-bond donors (Lipinski definition) is 2. The van der Waals surface area contributed by atoms with Crippen molar-refractivity contribution in [1.82, 2.24) is 20.1 Å². The van der Waals surface area contributed by atoms with Crippen molar-refractivity contribution < 1.29 is 4.79 Å². The van der Waals surface area contributed by atoms with Gasteiger partial charge in [0.25, 0.3) is 0 Å². The minimum atomic E-state index is 0.0767. The standard InChI is InChI=1S/C12H17N5O/c13-11-5-9(1-2-14-11)7-16-3-4-17-10(8-16)6-15-12(17)18/h1-2,5,10H,3-4,6-8H2,(H2,13,14)(H,15,18). The lowest BCUT2D eigenvalue weighted by Crippen LogP contribution is -2.51. The van der Waals surface area contributed by atoms with Gasteiger partial charge >= 0.3 is 6.03 Å². The number of amides is 2. The van der Waals surface area contributed by atoms with Crippen LogP contribution >= 0.6 is 0 Å². The molecule has 18 heavy (non-hydrogen) atoms. The van der Waals surface area contributed by atoms with E-state index in [4.69, 9.17) is 5.73 Å². The van der Waals surface area contributed by atoms with Gasteiger partial charge < -0.3 is 16.0 Å². The fourth-order valence-electron chi connectivity index (χ4n) is 2.66. The molecule has 0 saturated carbocycles. The highest BCUT2D eigenvalue weighted by Crippen LogP contribution is 2.16. The molecule has 2 fully saturated rings. The summed E-state index contributed by atoms with van der Waals surface area (Å²) >= 11 is 0. The number of hydrogen-bond acceptors (Lipinski definition) is 4. The van der Waals surface area contributed by atoms with Crippen LogP contribution in [0.25, 0.3) is 0 Å². The normalized spacial score (nSPS) is 23.9. The topological polar surface area (TPSA) is 74.5 Å². The number of nitrogen functional groups attached to an aromatic ring is 1. The van der Waals surface area contributed by atoms with Crippen molar-refractivity contribution in [1.29, 1.82) is 0 Å². The van der Waals surface area contributed by atoms with E-state index in [1.807, 2.05) is 17.0 Å². The summed E-state index contributed by atoms with van der Waals surface area (Å²) in [6, 6.07) is 4.28. The Morgan fingerprint density at radius 1 is 1.50 bits per heavy atom. The summed E-state index contributed by atoms with van der Waals surface area (Å²) < 4.78 is 0. The second kappa shape index (κ2) is 4.45. The molecule has 2 amide bonds. The van der Waals surface area contributed by atoms with E-state index in [0.717, 1.165) is 32.7 Å². The molecule has 0 radical (unpaired) electrons. The number of carbonyl (C=O) groups is 1. The minimum Gasteiger partial charge on any atom is -0.384 e. The highest BCUT2D eigenvalue weighted by molar-refractivity contribution is 5.77. The summed E-state index contributed by atoms with van der Waals surface area (Å²) in [5.41, 5.74) is 6.85. The molecule has 0 aromatic carbocycles. The minimum absolute atomic E-state index is 0.0767. The number of carbonyl (C=O) groups excluding carboxylic acids is 1. The lowest BCUT2D eigenvalue weighted by molar-refractivity contribution is 0.116. The van der Waals surface area contributed by atoms with Crippen molar-refractivity contribution in [3.8, 4) is 0 Å². The maximum absolute atomic E-state index is 11.5. The quantitative estimate of drug-likeness (QED) is 0.763. The van der Waals surface area contributed by atoms with Gasteiger partial charge in [-0.25, -0.2) is 9.78 Å². The predicted octanol–water partition coefficient (Wildman–Crippen LogP) is -0.127. The predicted molar refractivity (Wildman–Crippen MR) is 67.8 cm³/mol. The molecule has 1 unspecified atom stereocenters. The van der Waals surface area contributed by atoms with Crippen LogP contribution in [0.1, 0.15) is 5.56 Å². The lowest BCUT2D eigenvalue weighted by atomic mass is 10.1. The third-order valence-corrected chi connectivity index (χ3v) is 3.57. The van der Waals surface area contributed by atoms with Gasteiger partial charge in [0, 0.05) is 38.9 Å². The molecule has 6 nitrogen and oxygen atoms in total. The van der Waals surface area contributed by atoms with Crippen LogP contribution in [-0.4, -0.2) is 53.0 Å². The summed E-state index contributed by atoms with van der Waals surface area (Å²) in [5.74, 6) is 0.559. The number of nitrogens with zero attached hydrogens (tertiary/aromatic N) is 3. The van der Waals surface area contributed by atoms with Crippen molar-refractivity contribution >= 4 is 11.8 Å². The largest absolute Gasteiger partial charge is 0.384 e. The van der Waals surface area contributed by atoms with Crippen molar-refractivity contribution in [2.45, 2.75) is 12.6 Å². The second-order valence-corrected chi connectivity index (χ2v) is 4.86. The van der Waals surface area contributed by atoms with E-state index in [1.54, 1.807) is 6.20 Å². The molecule has 2 aliphatic heterocycles. The molecule has 2 saturated heterocycles. The van der Waals surface area contributed by atoms with Crippen molar-refractivity contribution in [3.63, 3.8) is 0 Å². The molecule has 1 aromatic heterocycles. The SMILES string of the molecule is Nc1cc(CN2CCN3C(=O)NCC3C2)ccn1. The monoisotopic (exact) mass is 247 g/mol. The van der Waals surface area contributed by atoms with Gasteiger partial charge in [-0.3, -0.25) is 4.90 Å². The van der Waals surface area contributed by atoms with E-state index >= 15 is 0 Å². The Kier molecular flexibility index (Phi) is 2.79. The Hall–Kier alpha value is -1.82. The number of nitrogens with one attached hydrogen (secondary N) is 1. The van der Waals surface area contributed by atoms with Crippen LogP contribution < -0.4 is 11.1 Å². The van der Waals surface area contributed by atoms with Crippen LogP contribution in [0, 0.1) is 0 Å². The van der Waals surface area contributed by atoms with Crippen molar-refractivity contribution in [2.24, 2.45) is 0 Å². The number of nitrogens with two attached hydrogens (primary N) is 1. The third kappa shape index (κ3) is 2.11. The van der Waals surface area contributed by atoms with Crippen molar-refractivity contribution in [2.75, 3.05) is 31.9 Å². The van der Waals surface area contributed by atoms with Crippen LogP contribution in [0.4, 0.5) is 10.6 Å². The number of anilines is 1. The maximum Gasteiger partial charge on any atom is 0.317 e. The summed E-state index contributed by atoms with van der Waals surface area (Å²) in [7, 11) is 0. The molecule has 3 N–H and O–H groups in total.